The number of hydrogen-bond donors (Lipinski definition) is 0. The maximum atomic E-state index is 12.4. The van der Waals surface area contributed by atoms with Gasteiger partial charge in [-0.15, -0.1) is 0 Å². The van der Waals surface area contributed by atoms with Crippen LogP contribution in [0.15, 0.2) is 30.3 Å². The number of carbonyl (C=O) groups excluding carboxylic acids is 2. The molecule has 24 heavy (non-hydrogen) atoms. The first-order valence-electron chi connectivity index (χ1n) is 8.81. The Balaban J connectivity index is 1.25. The zero-order valence-corrected chi connectivity index (χ0v) is 14.1. The molecule has 1 aliphatic carbocycles. The van der Waals surface area contributed by atoms with E-state index in [9.17, 15) is 9.59 Å². The van der Waals surface area contributed by atoms with Gasteiger partial charge in [-0.05, 0) is 36.3 Å². The van der Waals surface area contributed by atoms with Crippen molar-refractivity contribution < 1.29 is 14.3 Å². The standard InChI is InChI=1S/C19H24N2O3/c1-19(14-7-8-14)9-17(22)21(13-19)12-18(23)20-10-16(11-20)24-15-5-3-2-4-6-15/h2-6,14,16H,7-13H2,1H3/t19-/m1/s1. The topological polar surface area (TPSA) is 49.9 Å². The third-order valence-corrected chi connectivity index (χ3v) is 5.60. The van der Waals surface area contributed by atoms with E-state index >= 15 is 0 Å². The molecule has 0 N–H and O–H groups in total. The monoisotopic (exact) mass is 328 g/mol. The van der Waals surface area contributed by atoms with Gasteiger partial charge in [0.1, 0.15) is 11.9 Å². The summed E-state index contributed by atoms with van der Waals surface area (Å²) in [6.45, 7) is 4.37. The zero-order chi connectivity index (χ0) is 16.7. The molecule has 2 amide bonds. The molecule has 3 aliphatic rings. The van der Waals surface area contributed by atoms with Gasteiger partial charge in [-0.3, -0.25) is 9.59 Å². The van der Waals surface area contributed by atoms with Crippen LogP contribution in [0.25, 0.3) is 0 Å². The van der Waals surface area contributed by atoms with Crippen LogP contribution in [0.1, 0.15) is 26.2 Å². The van der Waals surface area contributed by atoms with Crippen LogP contribution in [-0.2, 0) is 9.59 Å². The number of nitrogens with zero attached hydrogens (tertiary/aromatic N) is 2. The van der Waals surface area contributed by atoms with Gasteiger partial charge >= 0.3 is 0 Å². The van der Waals surface area contributed by atoms with Gasteiger partial charge in [0.05, 0.1) is 19.6 Å². The number of ether oxygens (including phenoxy) is 1. The molecule has 1 aromatic rings. The van der Waals surface area contributed by atoms with E-state index in [1.807, 2.05) is 30.3 Å². The highest BCUT2D eigenvalue weighted by Crippen LogP contribution is 2.50. The molecule has 5 heteroatoms. The zero-order valence-electron chi connectivity index (χ0n) is 14.1. The molecule has 2 aliphatic heterocycles. The Morgan fingerprint density at radius 2 is 1.96 bits per heavy atom. The fourth-order valence-corrected chi connectivity index (χ4v) is 3.91. The lowest BCUT2D eigenvalue weighted by Crippen LogP contribution is -2.58. The normalized spacial score (nSPS) is 27.3. The van der Waals surface area contributed by atoms with Crippen LogP contribution < -0.4 is 4.74 Å². The molecule has 4 rings (SSSR count). The van der Waals surface area contributed by atoms with Crippen LogP contribution in [0.5, 0.6) is 5.75 Å². The van der Waals surface area contributed by atoms with Crippen molar-refractivity contribution in [3.05, 3.63) is 30.3 Å². The number of para-hydroxylation sites is 1. The molecule has 5 nitrogen and oxygen atoms in total. The summed E-state index contributed by atoms with van der Waals surface area (Å²) in [4.78, 5) is 28.2. The summed E-state index contributed by atoms with van der Waals surface area (Å²) in [6.07, 6.45) is 3.12. The van der Waals surface area contributed by atoms with Crippen LogP contribution in [-0.4, -0.2) is 53.9 Å². The van der Waals surface area contributed by atoms with E-state index in [2.05, 4.69) is 6.92 Å². The summed E-state index contributed by atoms with van der Waals surface area (Å²) in [5.74, 6) is 1.69. The lowest BCUT2D eigenvalue weighted by atomic mass is 9.84. The van der Waals surface area contributed by atoms with E-state index in [4.69, 9.17) is 4.74 Å². The van der Waals surface area contributed by atoms with Crippen molar-refractivity contribution >= 4 is 11.8 Å². The Bertz CT molecular complexity index is 637. The first kappa shape index (κ1) is 15.5. The van der Waals surface area contributed by atoms with Crippen molar-refractivity contribution in [1.82, 2.24) is 9.80 Å². The Kier molecular flexibility index (Phi) is 3.74. The molecule has 2 heterocycles. The van der Waals surface area contributed by atoms with Gasteiger partial charge in [-0.2, -0.15) is 0 Å². The van der Waals surface area contributed by atoms with E-state index in [0.717, 1.165) is 12.3 Å². The second-order valence-corrected chi connectivity index (χ2v) is 7.71. The molecule has 0 aromatic heterocycles. The first-order chi connectivity index (χ1) is 11.5. The number of hydrogen-bond acceptors (Lipinski definition) is 3. The second-order valence-electron chi connectivity index (χ2n) is 7.71. The van der Waals surface area contributed by atoms with Crippen molar-refractivity contribution in [2.24, 2.45) is 11.3 Å². The highest BCUT2D eigenvalue weighted by atomic mass is 16.5. The molecule has 128 valence electrons. The smallest absolute Gasteiger partial charge is 0.242 e. The van der Waals surface area contributed by atoms with Crippen LogP contribution in [0, 0.1) is 11.3 Å². The van der Waals surface area contributed by atoms with Gasteiger partial charge in [0.2, 0.25) is 11.8 Å². The second kappa shape index (κ2) is 5.80. The fourth-order valence-electron chi connectivity index (χ4n) is 3.91. The third-order valence-electron chi connectivity index (χ3n) is 5.60. The molecular formula is C19H24N2O3. The molecule has 3 fully saturated rings. The summed E-state index contributed by atoms with van der Waals surface area (Å²) in [7, 11) is 0. The highest BCUT2D eigenvalue weighted by Gasteiger charge is 2.49. The van der Waals surface area contributed by atoms with Crippen molar-refractivity contribution in [2.45, 2.75) is 32.3 Å². The third kappa shape index (κ3) is 2.99. The average molecular weight is 328 g/mol. The maximum Gasteiger partial charge on any atom is 0.242 e. The first-order valence-corrected chi connectivity index (χ1v) is 8.81. The summed E-state index contributed by atoms with van der Waals surface area (Å²) >= 11 is 0. The molecule has 1 saturated carbocycles. The quantitative estimate of drug-likeness (QED) is 0.830. The van der Waals surface area contributed by atoms with E-state index < -0.39 is 0 Å². The Morgan fingerprint density at radius 3 is 2.62 bits per heavy atom. The molecule has 1 atom stereocenters. The van der Waals surface area contributed by atoms with Crippen LogP contribution in [0.3, 0.4) is 0 Å². The lowest BCUT2D eigenvalue weighted by molar-refractivity contribution is -0.144. The van der Waals surface area contributed by atoms with Gasteiger partial charge in [-0.25, -0.2) is 0 Å². The van der Waals surface area contributed by atoms with Gasteiger partial charge < -0.3 is 14.5 Å². The number of carbonyl (C=O) groups is 2. The maximum absolute atomic E-state index is 12.4. The van der Waals surface area contributed by atoms with E-state index in [0.29, 0.717) is 25.4 Å². The predicted molar refractivity (Wildman–Crippen MR) is 89.5 cm³/mol. The SMILES string of the molecule is C[C@@]1(C2CC2)CC(=O)N(CC(=O)N2CC(Oc3ccccc3)C2)C1. The molecule has 0 spiro atoms. The summed E-state index contributed by atoms with van der Waals surface area (Å²) in [6, 6.07) is 9.67. The van der Waals surface area contributed by atoms with Crippen LogP contribution in [0.4, 0.5) is 0 Å². The predicted octanol–water partition coefficient (Wildman–Crippen LogP) is 1.92. The number of benzene rings is 1. The average Bonchev–Trinajstić information content (AvgIpc) is 3.32. The molecule has 0 unspecified atom stereocenters. The van der Waals surface area contributed by atoms with Crippen LogP contribution in [0.2, 0.25) is 0 Å². The summed E-state index contributed by atoms with van der Waals surface area (Å²) in [5, 5.41) is 0. The molecule has 0 bridgehead atoms. The largest absolute Gasteiger partial charge is 0.487 e. The number of rotatable bonds is 5. The molecule has 1 aromatic carbocycles. The van der Waals surface area contributed by atoms with Crippen molar-refractivity contribution in [3.8, 4) is 5.75 Å². The van der Waals surface area contributed by atoms with E-state index in [1.54, 1.807) is 9.80 Å². The van der Waals surface area contributed by atoms with Crippen molar-refractivity contribution in [1.29, 1.82) is 0 Å². The van der Waals surface area contributed by atoms with Gasteiger partial charge in [0, 0.05) is 13.0 Å². The Hall–Kier alpha value is -2.04. The Labute approximate surface area is 142 Å². The lowest BCUT2D eigenvalue weighted by Gasteiger charge is -2.39. The van der Waals surface area contributed by atoms with Gasteiger partial charge in [0.25, 0.3) is 0 Å². The van der Waals surface area contributed by atoms with Crippen molar-refractivity contribution in [2.75, 3.05) is 26.2 Å². The Morgan fingerprint density at radius 1 is 1.25 bits per heavy atom. The van der Waals surface area contributed by atoms with Gasteiger partial charge in [-0.1, -0.05) is 25.1 Å². The number of amides is 2. The highest BCUT2D eigenvalue weighted by molar-refractivity contribution is 5.87. The summed E-state index contributed by atoms with van der Waals surface area (Å²) in [5.41, 5.74) is 0.0886. The minimum atomic E-state index is 0.0382. The fraction of sp³-hybridized carbons (Fsp3) is 0.579. The molecule has 0 radical (unpaired) electrons. The molecule has 2 saturated heterocycles. The summed E-state index contributed by atoms with van der Waals surface area (Å²) < 4.78 is 5.82. The van der Waals surface area contributed by atoms with Crippen LogP contribution >= 0.6 is 0 Å². The van der Waals surface area contributed by atoms with Crippen molar-refractivity contribution in [3.63, 3.8) is 0 Å². The minimum Gasteiger partial charge on any atom is -0.487 e. The van der Waals surface area contributed by atoms with E-state index in [1.165, 1.54) is 12.8 Å². The molecular weight excluding hydrogens is 304 g/mol. The van der Waals surface area contributed by atoms with E-state index in [-0.39, 0.29) is 29.9 Å². The minimum absolute atomic E-state index is 0.0382. The number of likely N-dealkylation sites (tertiary alicyclic amines) is 2. The van der Waals surface area contributed by atoms with Gasteiger partial charge in [0.15, 0.2) is 0 Å².